The summed E-state index contributed by atoms with van der Waals surface area (Å²) in [5.74, 6) is 0.876. The molecule has 0 aliphatic carbocycles. The first-order valence-electron chi connectivity index (χ1n) is 8.68. The molecular formula is C21H22N2O2S2. The van der Waals surface area contributed by atoms with Gasteiger partial charge in [-0.25, -0.2) is 4.98 Å². The second-order valence-electron chi connectivity index (χ2n) is 6.15. The third kappa shape index (κ3) is 5.77. The molecule has 0 N–H and O–H groups in total. The maximum absolute atomic E-state index is 12.7. The largest absolute Gasteiger partial charge is 0.486 e. The van der Waals surface area contributed by atoms with Crippen LogP contribution in [0.4, 0.5) is 0 Å². The van der Waals surface area contributed by atoms with Gasteiger partial charge in [0.05, 0.1) is 18.7 Å². The van der Waals surface area contributed by atoms with Crippen molar-refractivity contribution in [2.45, 2.75) is 26.5 Å². The molecule has 1 amide bonds. The molecule has 0 saturated heterocycles. The highest BCUT2D eigenvalue weighted by atomic mass is 32.1. The number of carbonyl (C=O) groups excluding carboxylic acids is 1. The summed E-state index contributed by atoms with van der Waals surface area (Å²) in [6.45, 7) is 7.35. The molecule has 140 valence electrons. The van der Waals surface area contributed by atoms with Gasteiger partial charge in [0, 0.05) is 16.8 Å². The Bertz CT molecular complexity index is 870. The third-order valence-electron chi connectivity index (χ3n) is 3.94. The first-order valence-corrected chi connectivity index (χ1v) is 10.4. The highest BCUT2D eigenvalue weighted by Crippen LogP contribution is 2.18. The second-order valence-corrected chi connectivity index (χ2v) is 8.13. The average Bonchev–Trinajstić information content (AvgIpc) is 3.33. The molecule has 3 aromatic rings. The number of ether oxygens (including phenoxy) is 1. The predicted molar refractivity (Wildman–Crippen MR) is 111 cm³/mol. The van der Waals surface area contributed by atoms with Gasteiger partial charge >= 0.3 is 0 Å². The minimum atomic E-state index is 0.0552. The topological polar surface area (TPSA) is 42.4 Å². The summed E-state index contributed by atoms with van der Waals surface area (Å²) in [4.78, 5) is 20.2. The zero-order chi connectivity index (χ0) is 19.1. The van der Waals surface area contributed by atoms with Gasteiger partial charge in [-0.2, -0.15) is 0 Å². The predicted octanol–water partition coefficient (Wildman–Crippen LogP) is 4.85. The standard InChI is InChI=1S/C21H22N2O2S2/c1-3-10-23(13-19-5-4-11-26-19)21(24)12-17-15-27-20(22-17)14-25-18-8-6-16(2)7-9-18/h3-9,11,15H,1,10,12-14H2,2H3. The SMILES string of the molecule is C=CCN(Cc1cccs1)C(=O)Cc1csc(COc2ccc(C)cc2)n1. The van der Waals surface area contributed by atoms with Crippen molar-refractivity contribution in [2.24, 2.45) is 0 Å². The number of amides is 1. The second kappa shape index (κ2) is 9.48. The van der Waals surface area contributed by atoms with Gasteiger partial charge in [0.25, 0.3) is 0 Å². The zero-order valence-electron chi connectivity index (χ0n) is 15.3. The Balaban J connectivity index is 1.55. The van der Waals surface area contributed by atoms with E-state index in [1.165, 1.54) is 16.9 Å². The van der Waals surface area contributed by atoms with Crippen LogP contribution in [0, 0.1) is 6.92 Å². The van der Waals surface area contributed by atoms with E-state index >= 15 is 0 Å². The fraction of sp³-hybridized carbons (Fsp3) is 0.238. The van der Waals surface area contributed by atoms with E-state index < -0.39 is 0 Å². The van der Waals surface area contributed by atoms with Gasteiger partial charge in [-0.1, -0.05) is 29.8 Å². The number of hydrogen-bond acceptors (Lipinski definition) is 5. The van der Waals surface area contributed by atoms with Crippen LogP contribution in [-0.2, 0) is 24.4 Å². The van der Waals surface area contributed by atoms with Crippen molar-refractivity contribution in [2.75, 3.05) is 6.54 Å². The van der Waals surface area contributed by atoms with Crippen molar-refractivity contribution in [3.8, 4) is 5.75 Å². The van der Waals surface area contributed by atoms with Gasteiger partial charge in [0.1, 0.15) is 17.4 Å². The fourth-order valence-corrected chi connectivity index (χ4v) is 3.97. The van der Waals surface area contributed by atoms with Crippen molar-refractivity contribution in [1.29, 1.82) is 0 Å². The van der Waals surface area contributed by atoms with Crippen LogP contribution in [0.5, 0.6) is 5.75 Å². The molecule has 0 fully saturated rings. The van der Waals surface area contributed by atoms with E-state index in [9.17, 15) is 4.79 Å². The smallest absolute Gasteiger partial charge is 0.229 e. The number of nitrogens with zero attached hydrogens (tertiary/aromatic N) is 2. The van der Waals surface area contributed by atoms with Crippen molar-refractivity contribution >= 4 is 28.6 Å². The first kappa shape index (κ1) is 19.3. The number of aryl methyl sites for hydroxylation is 1. The Morgan fingerprint density at radius 2 is 2.07 bits per heavy atom. The van der Waals surface area contributed by atoms with Crippen LogP contribution < -0.4 is 4.74 Å². The molecule has 0 aliphatic rings. The highest BCUT2D eigenvalue weighted by Gasteiger charge is 2.16. The van der Waals surface area contributed by atoms with E-state index in [2.05, 4.69) is 11.6 Å². The van der Waals surface area contributed by atoms with Crippen LogP contribution in [0.3, 0.4) is 0 Å². The Morgan fingerprint density at radius 1 is 1.26 bits per heavy atom. The van der Waals surface area contributed by atoms with Gasteiger partial charge in [-0.3, -0.25) is 4.79 Å². The summed E-state index contributed by atoms with van der Waals surface area (Å²) < 4.78 is 5.76. The minimum Gasteiger partial charge on any atom is -0.486 e. The lowest BCUT2D eigenvalue weighted by molar-refractivity contribution is -0.130. The summed E-state index contributed by atoms with van der Waals surface area (Å²) in [6, 6.07) is 12.0. The summed E-state index contributed by atoms with van der Waals surface area (Å²) in [7, 11) is 0. The van der Waals surface area contributed by atoms with Gasteiger partial charge < -0.3 is 9.64 Å². The van der Waals surface area contributed by atoms with Crippen LogP contribution in [0.25, 0.3) is 0 Å². The van der Waals surface area contributed by atoms with E-state index in [1.54, 1.807) is 22.3 Å². The molecular weight excluding hydrogens is 376 g/mol. The summed E-state index contributed by atoms with van der Waals surface area (Å²) >= 11 is 3.17. The molecule has 0 saturated carbocycles. The molecule has 0 radical (unpaired) electrons. The van der Waals surface area contributed by atoms with E-state index in [-0.39, 0.29) is 5.91 Å². The summed E-state index contributed by atoms with van der Waals surface area (Å²) in [5, 5.41) is 4.82. The van der Waals surface area contributed by atoms with Crippen LogP contribution in [-0.4, -0.2) is 22.3 Å². The number of thiazole rings is 1. The van der Waals surface area contributed by atoms with E-state index in [4.69, 9.17) is 4.74 Å². The zero-order valence-corrected chi connectivity index (χ0v) is 16.9. The van der Waals surface area contributed by atoms with Crippen LogP contribution in [0.2, 0.25) is 0 Å². The Kier molecular flexibility index (Phi) is 6.79. The van der Waals surface area contributed by atoms with Crippen LogP contribution in [0.1, 0.15) is 21.1 Å². The number of rotatable bonds is 9. The van der Waals surface area contributed by atoms with Gasteiger partial charge in [-0.05, 0) is 30.5 Å². The highest BCUT2D eigenvalue weighted by molar-refractivity contribution is 7.10. The first-order chi connectivity index (χ1) is 13.1. The van der Waals surface area contributed by atoms with Crippen molar-refractivity contribution < 1.29 is 9.53 Å². The lowest BCUT2D eigenvalue weighted by atomic mass is 10.2. The molecule has 0 atom stereocenters. The molecule has 0 aliphatic heterocycles. The fourth-order valence-electron chi connectivity index (χ4n) is 2.54. The number of hydrogen-bond donors (Lipinski definition) is 0. The molecule has 4 nitrogen and oxygen atoms in total. The van der Waals surface area contributed by atoms with E-state index in [0.29, 0.717) is 26.1 Å². The average molecular weight is 399 g/mol. The number of thiophene rings is 1. The van der Waals surface area contributed by atoms with Crippen molar-refractivity contribution in [1.82, 2.24) is 9.88 Å². The molecule has 6 heteroatoms. The molecule has 0 bridgehead atoms. The molecule has 1 aromatic carbocycles. The van der Waals surface area contributed by atoms with Gasteiger partial charge in [-0.15, -0.1) is 29.3 Å². The van der Waals surface area contributed by atoms with Gasteiger partial charge in [0.2, 0.25) is 5.91 Å². The van der Waals surface area contributed by atoms with Crippen molar-refractivity contribution in [3.05, 3.63) is 81.0 Å². The number of carbonyl (C=O) groups is 1. The van der Waals surface area contributed by atoms with Gasteiger partial charge in [0.15, 0.2) is 0 Å². The molecule has 0 spiro atoms. The minimum absolute atomic E-state index is 0.0552. The molecule has 0 unspecified atom stereocenters. The molecule has 2 aromatic heterocycles. The molecule has 2 heterocycles. The normalized spacial score (nSPS) is 10.6. The maximum atomic E-state index is 12.7. The number of aromatic nitrogens is 1. The Morgan fingerprint density at radius 3 is 2.78 bits per heavy atom. The van der Waals surface area contributed by atoms with E-state index in [0.717, 1.165) is 21.3 Å². The van der Waals surface area contributed by atoms with Crippen LogP contribution >= 0.6 is 22.7 Å². The Hall–Kier alpha value is -2.44. The Labute approximate surface area is 167 Å². The van der Waals surface area contributed by atoms with E-state index in [1.807, 2.05) is 54.1 Å². The van der Waals surface area contributed by atoms with Crippen LogP contribution in [0.15, 0.2) is 59.8 Å². The summed E-state index contributed by atoms with van der Waals surface area (Å²) in [5.41, 5.74) is 1.98. The quantitative estimate of drug-likeness (QED) is 0.484. The number of benzene rings is 1. The lowest BCUT2D eigenvalue weighted by Crippen LogP contribution is -2.31. The molecule has 3 rings (SSSR count). The third-order valence-corrected chi connectivity index (χ3v) is 5.68. The molecule has 27 heavy (non-hydrogen) atoms. The monoisotopic (exact) mass is 398 g/mol. The maximum Gasteiger partial charge on any atom is 0.229 e. The summed E-state index contributed by atoms with van der Waals surface area (Å²) in [6.07, 6.45) is 2.05. The lowest BCUT2D eigenvalue weighted by Gasteiger charge is -2.20. The van der Waals surface area contributed by atoms with Crippen molar-refractivity contribution in [3.63, 3.8) is 0 Å².